The highest BCUT2D eigenvalue weighted by atomic mass is 32.2. The van der Waals surface area contributed by atoms with Crippen LogP contribution in [-0.4, -0.2) is 29.0 Å². The number of aromatic nitrogens is 2. The van der Waals surface area contributed by atoms with Gasteiger partial charge in [-0.15, -0.1) is 0 Å². The SMILES string of the molecule is Cn1cnc(S(=O)(=O)Nc2ccc(N)cc2C(=O)O)c1. The van der Waals surface area contributed by atoms with Gasteiger partial charge in [-0.25, -0.2) is 9.78 Å². The molecule has 106 valence electrons. The number of aromatic carboxylic acids is 1. The standard InChI is InChI=1S/C11H12N4O4S/c1-15-5-10(13-6-15)20(18,19)14-9-3-2-7(12)4-8(9)11(16)17/h2-6,14H,12H2,1H3,(H,16,17). The van der Waals surface area contributed by atoms with E-state index in [1.165, 1.54) is 35.3 Å². The van der Waals surface area contributed by atoms with Gasteiger partial charge >= 0.3 is 5.97 Å². The summed E-state index contributed by atoms with van der Waals surface area (Å²) in [5.41, 5.74) is 5.41. The van der Waals surface area contributed by atoms with Crippen molar-refractivity contribution in [3.05, 3.63) is 36.3 Å². The third kappa shape index (κ3) is 2.72. The lowest BCUT2D eigenvalue weighted by Gasteiger charge is -2.09. The Hall–Kier alpha value is -2.55. The van der Waals surface area contributed by atoms with Gasteiger partial charge in [0.25, 0.3) is 10.0 Å². The maximum Gasteiger partial charge on any atom is 0.337 e. The third-order valence-corrected chi connectivity index (χ3v) is 3.72. The number of carboxylic acids is 1. The molecule has 0 aliphatic rings. The van der Waals surface area contributed by atoms with Crippen molar-refractivity contribution in [1.29, 1.82) is 0 Å². The number of carboxylic acid groups (broad SMARTS) is 1. The van der Waals surface area contributed by atoms with E-state index in [1.54, 1.807) is 7.05 Å². The van der Waals surface area contributed by atoms with Gasteiger partial charge in [0.1, 0.15) is 0 Å². The highest BCUT2D eigenvalue weighted by Crippen LogP contribution is 2.22. The Bertz CT molecular complexity index is 766. The second kappa shape index (κ2) is 4.85. The van der Waals surface area contributed by atoms with Crippen molar-refractivity contribution < 1.29 is 18.3 Å². The number of anilines is 2. The summed E-state index contributed by atoms with van der Waals surface area (Å²) in [5.74, 6) is -1.28. The van der Waals surface area contributed by atoms with Crippen LogP contribution in [0.25, 0.3) is 0 Å². The van der Waals surface area contributed by atoms with Gasteiger partial charge < -0.3 is 15.4 Å². The maximum atomic E-state index is 12.1. The summed E-state index contributed by atoms with van der Waals surface area (Å²) in [6, 6.07) is 3.88. The van der Waals surface area contributed by atoms with Crippen molar-refractivity contribution in [3.8, 4) is 0 Å². The summed E-state index contributed by atoms with van der Waals surface area (Å²) in [5, 5.41) is 8.85. The Kier molecular flexibility index (Phi) is 3.36. The first kappa shape index (κ1) is 13.9. The van der Waals surface area contributed by atoms with Gasteiger partial charge in [0, 0.05) is 18.9 Å². The predicted molar refractivity (Wildman–Crippen MR) is 71.8 cm³/mol. The first-order valence-corrected chi connectivity index (χ1v) is 6.91. The van der Waals surface area contributed by atoms with Crippen LogP contribution in [0, 0.1) is 0 Å². The van der Waals surface area contributed by atoms with Crippen LogP contribution in [-0.2, 0) is 17.1 Å². The van der Waals surface area contributed by atoms with E-state index in [0.717, 1.165) is 0 Å². The Labute approximate surface area is 114 Å². The Balaban J connectivity index is 2.42. The highest BCUT2D eigenvalue weighted by Gasteiger charge is 2.20. The molecule has 1 heterocycles. The lowest BCUT2D eigenvalue weighted by molar-refractivity contribution is 0.0698. The van der Waals surface area contributed by atoms with Gasteiger partial charge in [0.15, 0.2) is 5.03 Å². The number of imidazole rings is 1. The van der Waals surface area contributed by atoms with Gasteiger partial charge in [-0.3, -0.25) is 4.72 Å². The zero-order valence-corrected chi connectivity index (χ0v) is 11.3. The van der Waals surface area contributed by atoms with Crippen LogP contribution < -0.4 is 10.5 Å². The molecule has 9 heteroatoms. The molecule has 2 rings (SSSR count). The molecule has 0 unspecified atom stereocenters. The lowest BCUT2D eigenvalue weighted by atomic mass is 10.1. The Morgan fingerprint density at radius 2 is 2.15 bits per heavy atom. The maximum absolute atomic E-state index is 12.1. The van der Waals surface area contributed by atoms with E-state index in [2.05, 4.69) is 9.71 Å². The normalized spacial score (nSPS) is 11.2. The Morgan fingerprint density at radius 3 is 2.70 bits per heavy atom. The van der Waals surface area contributed by atoms with E-state index in [4.69, 9.17) is 10.8 Å². The minimum absolute atomic E-state index is 0.0719. The fourth-order valence-corrected chi connectivity index (χ4v) is 2.62. The number of hydrogen-bond donors (Lipinski definition) is 3. The number of aryl methyl sites for hydroxylation is 1. The second-order valence-corrected chi connectivity index (χ2v) is 5.72. The molecule has 0 saturated heterocycles. The van der Waals surface area contributed by atoms with E-state index in [0.29, 0.717) is 0 Å². The number of nitrogens with zero attached hydrogens (tertiary/aromatic N) is 2. The molecule has 0 atom stereocenters. The minimum Gasteiger partial charge on any atom is -0.478 e. The number of sulfonamides is 1. The quantitative estimate of drug-likeness (QED) is 0.705. The number of nitrogens with one attached hydrogen (secondary N) is 1. The number of nitrogens with two attached hydrogens (primary N) is 1. The number of benzene rings is 1. The zero-order chi connectivity index (χ0) is 14.9. The van der Waals surface area contributed by atoms with Gasteiger partial charge in [-0.05, 0) is 18.2 Å². The molecule has 0 radical (unpaired) electrons. The second-order valence-electron chi connectivity index (χ2n) is 4.09. The van der Waals surface area contributed by atoms with Crippen molar-refractivity contribution in [2.45, 2.75) is 5.03 Å². The number of hydrogen-bond acceptors (Lipinski definition) is 5. The van der Waals surface area contributed by atoms with Gasteiger partial charge in [0.05, 0.1) is 17.6 Å². The molecule has 0 aliphatic carbocycles. The molecule has 0 spiro atoms. The molecule has 8 nitrogen and oxygen atoms in total. The Morgan fingerprint density at radius 1 is 1.45 bits per heavy atom. The van der Waals surface area contributed by atoms with Crippen LogP contribution in [0.4, 0.5) is 11.4 Å². The van der Waals surface area contributed by atoms with Gasteiger partial charge in [0.2, 0.25) is 0 Å². The molecule has 0 fully saturated rings. The average Bonchev–Trinajstić information content (AvgIpc) is 2.78. The summed E-state index contributed by atoms with van der Waals surface area (Å²) in [4.78, 5) is 14.8. The molecule has 0 saturated carbocycles. The smallest absolute Gasteiger partial charge is 0.337 e. The molecule has 2 aromatic rings. The first-order chi connectivity index (χ1) is 9.29. The summed E-state index contributed by atoms with van der Waals surface area (Å²) in [6.45, 7) is 0. The molecule has 0 bridgehead atoms. The topological polar surface area (TPSA) is 127 Å². The molecule has 0 amide bonds. The van der Waals surface area contributed by atoms with Gasteiger partial charge in [-0.1, -0.05) is 0 Å². The van der Waals surface area contributed by atoms with Crippen molar-refractivity contribution in [1.82, 2.24) is 9.55 Å². The number of nitrogen functional groups attached to an aromatic ring is 1. The first-order valence-electron chi connectivity index (χ1n) is 5.43. The summed E-state index contributed by atoms with van der Waals surface area (Å²) >= 11 is 0. The van der Waals surface area contributed by atoms with Crippen molar-refractivity contribution in [3.63, 3.8) is 0 Å². The van der Waals surface area contributed by atoms with Crippen molar-refractivity contribution in [2.75, 3.05) is 10.5 Å². The largest absolute Gasteiger partial charge is 0.478 e. The van der Waals surface area contributed by atoms with E-state index in [1.807, 2.05) is 0 Å². The zero-order valence-electron chi connectivity index (χ0n) is 10.4. The van der Waals surface area contributed by atoms with Crippen molar-refractivity contribution in [2.24, 2.45) is 7.05 Å². The molecule has 0 aliphatic heterocycles. The van der Waals surface area contributed by atoms with Crippen LogP contribution in [0.15, 0.2) is 35.7 Å². The molecule has 1 aromatic heterocycles. The highest BCUT2D eigenvalue weighted by molar-refractivity contribution is 7.92. The van der Waals surface area contributed by atoms with Crippen LogP contribution in [0.2, 0.25) is 0 Å². The molecule has 1 aromatic carbocycles. The van der Waals surface area contributed by atoms with Crippen LogP contribution >= 0.6 is 0 Å². The van der Waals surface area contributed by atoms with Gasteiger partial charge in [-0.2, -0.15) is 8.42 Å². The number of rotatable bonds is 4. The van der Waals surface area contributed by atoms with Crippen LogP contribution in [0.3, 0.4) is 0 Å². The van der Waals surface area contributed by atoms with Crippen LogP contribution in [0.5, 0.6) is 0 Å². The third-order valence-electron chi connectivity index (χ3n) is 2.47. The average molecular weight is 296 g/mol. The van der Waals surface area contributed by atoms with E-state index in [-0.39, 0.29) is 22.0 Å². The van der Waals surface area contributed by atoms with E-state index >= 15 is 0 Å². The summed E-state index contributed by atoms with van der Waals surface area (Å²) in [7, 11) is -2.32. The monoisotopic (exact) mass is 296 g/mol. The molecule has 20 heavy (non-hydrogen) atoms. The molecular weight excluding hydrogens is 284 g/mol. The number of carbonyl (C=O) groups is 1. The predicted octanol–water partition coefficient (Wildman–Crippen LogP) is 0.501. The van der Waals surface area contributed by atoms with Crippen molar-refractivity contribution >= 4 is 27.4 Å². The fraction of sp³-hybridized carbons (Fsp3) is 0.0909. The summed E-state index contributed by atoms with van der Waals surface area (Å²) < 4.78 is 27.8. The van der Waals surface area contributed by atoms with Crippen LogP contribution in [0.1, 0.15) is 10.4 Å². The summed E-state index contributed by atoms with van der Waals surface area (Å²) in [6.07, 6.45) is 2.63. The van der Waals surface area contributed by atoms with E-state index < -0.39 is 16.0 Å². The van der Waals surface area contributed by atoms with E-state index in [9.17, 15) is 13.2 Å². The molecular formula is C11H12N4O4S. The fourth-order valence-electron chi connectivity index (χ4n) is 1.55. The molecule has 4 N–H and O–H groups in total. The lowest BCUT2D eigenvalue weighted by Crippen LogP contribution is -2.16. The minimum atomic E-state index is -3.95.